The molecule has 5 nitrogen and oxygen atoms in total. The molecule has 17 heavy (non-hydrogen) atoms. The molecule has 2 heterocycles. The fourth-order valence-electron chi connectivity index (χ4n) is 2.16. The van der Waals surface area contributed by atoms with Crippen LogP contribution in [0.3, 0.4) is 0 Å². The SMILES string of the molecule is COc1cccc(N2CCn3nc(N)cc32)c1. The van der Waals surface area contributed by atoms with Gasteiger partial charge in [0, 0.05) is 24.4 Å². The number of hydrogen-bond acceptors (Lipinski definition) is 4. The second kappa shape index (κ2) is 3.69. The first-order valence-electron chi connectivity index (χ1n) is 5.53. The van der Waals surface area contributed by atoms with Crippen molar-refractivity contribution in [3.63, 3.8) is 0 Å². The topological polar surface area (TPSA) is 56.3 Å². The summed E-state index contributed by atoms with van der Waals surface area (Å²) in [7, 11) is 1.67. The van der Waals surface area contributed by atoms with Gasteiger partial charge in [-0.3, -0.25) is 0 Å². The molecule has 0 saturated carbocycles. The van der Waals surface area contributed by atoms with Crippen molar-refractivity contribution < 1.29 is 4.74 Å². The quantitative estimate of drug-likeness (QED) is 0.851. The Hall–Kier alpha value is -2.17. The highest BCUT2D eigenvalue weighted by Crippen LogP contribution is 2.32. The lowest BCUT2D eigenvalue weighted by atomic mass is 10.2. The maximum Gasteiger partial charge on any atom is 0.147 e. The molecule has 2 N–H and O–H groups in total. The molecule has 88 valence electrons. The number of aromatic nitrogens is 2. The van der Waals surface area contributed by atoms with E-state index in [2.05, 4.69) is 16.1 Å². The number of methoxy groups -OCH3 is 1. The van der Waals surface area contributed by atoms with Gasteiger partial charge in [-0.1, -0.05) is 6.07 Å². The molecule has 0 fully saturated rings. The normalized spacial score (nSPS) is 13.8. The van der Waals surface area contributed by atoms with E-state index >= 15 is 0 Å². The van der Waals surface area contributed by atoms with E-state index in [1.807, 2.05) is 28.9 Å². The average molecular weight is 230 g/mol. The van der Waals surface area contributed by atoms with Gasteiger partial charge in [-0.05, 0) is 12.1 Å². The van der Waals surface area contributed by atoms with Crippen LogP contribution in [0.5, 0.6) is 5.75 Å². The molecule has 0 amide bonds. The number of nitrogen functional groups attached to an aromatic ring is 1. The van der Waals surface area contributed by atoms with Crippen LogP contribution in [0.1, 0.15) is 0 Å². The van der Waals surface area contributed by atoms with Crippen molar-refractivity contribution in [2.75, 3.05) is 24.3 Å². The zero-order valence-electron chi connectivity index (χ0n) is 9.63. The number of nitrogens with two attached hydrogens (primary N) is 1. The van der Waals surface area contributed by atoms with Crippen molar-refractivity contribution in [2.45, 2.75) is 6.54 Å². The Labute approximate surface area is 99.4 Å². The highest BCUT2D eigenvalue weighted by molar-refractivity contribution is 5.65. The Bertz CT molecular complexity index is 549. The van der Waals surface area contributed by atoms with E-state index < -0.39 is 0 Å². The minimum absolute atomic E-state index is 0.563. The molecule has 0 saturated heterocycles. The van der Waals surface area contributed by atoms with Crippen LogP contribution in [-0.4, -0.2) is 23.4 Å². The van der Waals surface area contributed by atoms with Gasteiger partial charge in [-0.15, -0.1) is 0 Å². The predicted octanol–water partition coefficient (Wildman–Crippen LogP) is 1.63. The summed E-state index contributed by atoms with van der Waals surface area (Å²) in [5, 5.41) is 4.23. The second-order valence-electron chi connectivity index (χ2n) is 4.00. The summed E-state index contributed by atoms with van der Waals surface area (Å²) < 4.78 is 7.16. The summed E-state index contributed by atoms with van der Waals surface area (Å²) in [5.74, 6) is 2.46. The van der Waals surface area contributed by atoms with Crippen molar-refractivity contribution in [1.29, 1.82) is 0 Å². The molecule has 0 radical (unpaired) electrons. The number of ether oxygens (including phenoxy) is 1. The smallest absolute Gasteiger partial charge is 0.147 e. The Morgan fingerprint density at radius 1 is 1.29 bits per heavy atom. The Morgan fingerprint density at radius 3 is 3.00 bits per heavy atom. The molecule has 0 aliphatic carbocycles. The average Bonchev–Trinajstić information content (AvgIpc) is 2.87. The zero-order chi connectivity index (χ0) is 11.8. The van der Waals surface area contributed by atoms with E-state index in [9.17, 15) is 0 Å². The molecule has 1 aromatic carbocycles. The van der Waals surface area contributed by atoms with Gasteiger partial charge in [0.1, 0.15) is 17.4 Å². The van der Waals surface area contributed by atoms with Gasteiger partial charge in [0.05, 0.1) is 13.7 Å². The molecule has 0 unspecified atom stereocenters. The van der Waals surface area contributed by atoms with Gasteiger partial charge in [-0.25, -0.2) is 4.68 Å². The predicted molar refractivity (Wildman–Crippen MR) is 66.6 cm³/mol. The molecule has 0 bridgehead atoms. The number of nitrogens with zero attached hydrogens (tertiary/aromatic N) is 3. The maximum atomic E-state index is 5.70. The van der Waals surface area contributed by atoms with Crippen LogP contribution in [0, 0.1) is 0 Å². The number of rotatable bonds is 2. The Kier molecular flexibility index (Phi) is 2.18. The fraction of sp³-hybridized carbons (Fsp3) is 0.250. The van der Waals surface area contributed by atoms with Crippen molar-refractivity contribution >= 4 is 17.3 Å². The van der Waals surface area contributed by atoms with Crippen molar-refractivity contribution in [3.05, 3.63) is 30.3 Å². The largest absolute Gasteiger partial charge is 0.497 e. The number of benzene rings is 1. The van der Waals surface area contributed by atoms with Gasteiger partial charge in [-0.2, -0.15) is 5.10 Å². The number of fused-ring (bicyclic) bond motifs is 1. The van der Waals surface area contributed by atoms with Crippen LogP contribution in [0.2, 0.25) is 0 Å². The molecule has 5 heteroatoms. The monoisotopic (exact) mass is 230 g/mol. The van der Waals surface area contributed by atoms with Crippen LogP contribution >= 0.6 is 0 Å². The molecule has 1 aromatic heterocycles. The van der Waals surface area contributed by atoms with Crippen LogP contribution in [0.15, 0.2) is 30.3 Å². The molecule has 0 atom stereocenters. The van der Waals surface area contributed by atoms with Crippen molar-refractivity contribution in [2.24, 2.45) is 0 Å². The first-order valence-corrected chi connectivity index (χ1v) is 5.53. The minimum atomic E-state index is 0.563. The Balaban J connectivity index is 2.00. The highest BCUT2D eigenvalue weighted by atomic mass is 16.5. The van der Waals surface area contributed by atoms with E-state index in [4.69, 9.17) is 10.5 Å². The molecule has 1 aliphatic heterocycles. The lowest BCUT2D eigenvalue weighted by Crippen LogP contribution is -2.13. The summed E-state index contributed by atoms with van der Waals surface area (Å²) in [6.45, 7) is 1.78. The summed E-state index contributed by atoms with van der Waals surface area (Å²) in [5.41, 5.74) is 6.80. The van der Waals surface area contributed by atoms with Gasteiger partial charge in [0.15, 0.2) is 0 Å². The van der Waals surface area contributed by atoms with Gasteiger partial charge in [0.25, 0.3) is 0 Å². The van der Waals surface area contributed by atoms with E-state index in [-0.39, 0.29) is 0 Å². The molecular weight excluding hydrogens is 216 g/mol. The summed E-state index contributed by atoms with van der Waals surface area (Å²) in [4.78, 5) is 2.19. The minimum Gasteiger partial charge on any atom is -0.497 e. The van der Waals surface area contributed by atoms with E-state index in [1.165, 1.54) is 0 Å². The molecule has 2 aromatic rings. The van der Waals surface area contributed by atoms with Crippen molar-refractivity contribution in [3.8, 4) is 5.75 Å². The molecule has 1 aliphatic rings. The third-order valence-electron chi connectivity index (χ3n) is 2.95. The Morgan fingerprint density at radius 2 is 2.18 bits per heavy atom. The number of hydrogen-bond donors (Lipinski definition) is 1. The summed E-state index contributed by atoms with van der Waals surface area (Å²) in [6, 6.07) is 9.88. The van der Waals surface area contributed by atoms with E-state index in [0.717, 1.165) is 30.3 Å². The zero-order valence-corrected chi connectivity index (χ0v) is 9.63. The van der Waals surface area contributed by atoms with Crippen LogP contribution in [0.4, 0.5) is 17.3 Å². The third-order valence-corrected chi connectivity index (χ3v) is 2.95. The summed E-state index contributed by atoms with van der Waals surface area (Å²) >= 11 is 0. The molecular formula is C12H14N4O. The van der Waals surface area contributed by atoms with Crippen LogP contribution < -0.4 is 15.4 Å². The lowest BCUT2D eigenvalue weighted by Gasteiger charge is -2.17. The first-order chi connectivity index (χ1) is 8.28. The first kappa shape index (κ1) is 10.0. The van der Waals surface area contributed by atoms with E-state index in [1.54, 1.807) is 7.11 Å². The fourth-order valence-corrected chi connectivity index (χ4v) is 2.16. The summed E-state index contributed by atoms with van der Waals surface area (Å²) in [6.07, 6.45) is 0. The van der Waals surface area contributed by atoms with Gasteiger partial charge >= 0.3 is 0 Å². The van der Waals surface area contributed by atoms with Crippen molar-refractivity contribution in [1.82, 2.24) is 9.78 Å². The molecule has 0 spiro atoms. The van der Waals surface area contributed by atoms with Crippen LogP contribution in [-0.2, 0) is 6.54 Å². The lowest BCUT2D eigenvalue weighted by molar-refractivity contribution is 0.415. The van der Waals surface area contributed by atoms with Gasteiger partial charge in [0.2, 0.25) is 0 Å². The third kappa shape index (κ3) is 1.60. The second-order valence-corrected chi connectivity index (χ2v) is 4.00. The van der Waals surface area contributed by atoms with E-state index in [0.29, 0.717) is 5.82 Å². The van der Waals surface area contributed by atoms with Crippen LogP contribution in [0.25, 0.3) is 0 Å². The maximum absolute atomic E-state index is 5.70. The highest BCUT2D eigenvalue weighted by Gasteiger charge is 2.22. The number of anilines is 3. The standard InChI is InChI=1S/C12H14N4O/c1-17-10-4-2-3-9(7-10)15-5-6-16-12(15)8-11(13)14-16/h2-4,7-8H,5-6H2,1H3,(H2,13,14). The molecule has 3 rings (SSSR count). The van der Waals surface area contributed by atoms with Gasteiger partial charge < -0.3 is 15.4 Å².